The Morgan fingerprint density at radius 1 is 0.870 bits per heavy atom. The minimum atomic E-state index is 0.609. The van der Waals surface area contributed by atoms with Gasteiger partial charge in [-0.3, -0.25) is 0 Å². The van der Waals surface area contributed by atoms with E-state index in [4.69, 9.17) is 9.72 Å². The van der Waals surface area contributed by atoms with Crippen LogP contribution in [0.5, 0.6) is 5.88 Å². The van der Waals surface area contributed by atoms with Gasteiger partial charge in [-0.05, 0) is 24.6 Å². The van der Waals surface area contributed by atoms with Crippen LogP contribution in [0.1, 0.15) is 5.56 Å². The van der Waals surface area contributed by atoms with Crippen LogP contribution >= 0.6 is 0 Å². The fourth-order valence-corrected chi connectivity index (χ4v) is 2.89. The highest BCUT2D eigenvalue weighted by atomic mass is 16.5. The van der Waals surface area contributed by atoms with Gasteiger partial charge in [0.1, 0.15) is 0 Å². The Kier molecular flexibility index (Phi) is 3.19. The maximum Gasteiger partial charge on any atom is 0.223 e. The lowest BCUT2D eigenvalue weighted by Crippen LogP contribution is -1.95. The lowest BCUT2D eigenvalue weighted by atomic mass is 10.1. The molecule has 4 aromatic rings. The molecular weight excluding hydrogens is 284 g/mol. The van der Waals surface area contributed by atoms with E-state index < -0.39 is 0 Å². The summed E-state index contributed by atoms with van der Waals surface area (Å²) in [5.41, 5.74) is 5.01. The maximum atomic E-state index is 5.52. The molecule has 4 rings (SSSR count). The summed E-state index contributed by atoms with van der Waals surface area (Å²) in [6.07, 6.45) is 0. The second kappa shape index (κ2) is 5.36. The first-order valence-electron chi connectivity index (χ1n) is 7.57. The smallest absolute Gasteiger partial charge is 0.223 e. The Hall–Kier alpha value is -2.94. The van der Waals surface area contributed by atoms with Gasteiger partial charge in [0.2, 0.25) is 5.88 Å². The van der Waals surface area contributed by atoms with E-state index >= 15 is 0 Å². The van der Waals surface area contributed by atoms with Gasteiger partial charge in [0.15, 0.2) is 0 Å². The summed E-state index contributed by atoms with van der Waals surface area (Å²) in [6, 6.07) is 20.4. The number of nitrogens with zero attached hydrogens (tertiary/aromatic N) is 2. The van der Waals surface area contributed by atoms with Crippen LogP contribution in [-0.2, 0) is 0 Å². The molecular formula is C20H16N2O. The predicted octanol–water partition coefficient (Wildman–Crippen LogP) is 4.77. The van der Waals surface area contributed by atoms with Gasteiger partial charge in [-0.15, -0.1) is 0 Å². The highest BCUT2D eigenvalue weighted by molar-refractivity contribution is 5.97. The fourth-order valence-electron chi connectivity index (χ4n) is 2.89. The fraction of sp³-hybridized carbons (Fsp3) is 0.100. The first kappa shape index (κ1) is 13.7. The number of fused-ring (bicyclic) bond motifs is 2. The predicted molar refractivity (Wildman–Crippen MR) is 93.8 cm³/mol. The van der Waals surface area contributed by atoms with Crippen molar-refractivity contribution in [3.05, 3.63) is 66.2 Å². The number of hydrogen-bond acceptors (Lipinski definition) is 3. The Labute approximate surface area is 134 Å². The van der Waals surface area contributed by atoms with Crippen molar-refractivity contribution in [2.45, 2.75) is 6.92 Å². The van der Waals surface area contributed by atoms with Crippen LogP contribution in [0, 0.1) is 6.92 Å². The molecule has 0 radical (unpaired) electrons. The third-order valence-electron chi connectivity index (χ3n) is 4.07. The average Bonchev–Trinajstić information content (AvgIpc) is 2.60. The van der Waals surface area contributed by atoms with E-state index in [0.717, 1.165) is 33.1 Å². The van der Waals surface area contributed by atoms with Gasteiger partial charge >= 0.3 is 0 Å². The van der Waals surface area contributed by atoms with Crippen molar-refractivity contribution in [1.82, 2.24) is 9.97 Å². The van der Waals surface area contributed by atoms with E-state index in [1.54, 1.807) is 7.11 Å². The first-order valence-corrected chi connectivity index (χ1v) is 7.57. The zero-order chi connectivity index (χ0) is 15.8. The molecule has 0 saturated carbocycles. The number of hydrogen-bond donors (Lipinski definition) is 0. The second-order valence-electron chi connectivity index (χ2n) is 5.58. The van der Waals surface area contributed by atoms with Crippen LogP contribution in [0.25, 0.3) is 33.1 Å². The second-order valence-corrected chi connectivity index (χ2v) is 5.58. The van der Waals surface area contributed by atoms with Crippen molar-refractivity contribution in [2.24, 2.45) is 0 Å². The van der Waals surface area contributed by atoms with Crippen molar-refractivity contribution in [1.29, 1.82) is 0 Å². The number of pyridine rings is 2. The van der Waals surface area contributed by atoms with Crippen LogP contribution < -0.4 is 4.74 Å². The molecule has 0 N–H and O–H groups in total. The standard InChI is InChI=1S/C20H16N2O/c1-13-7-6-10-15-11-16-18(21-19(13)15)12-17(22-20(16)23-2)14-8-4-3-5-9-14/h3-12H,1-2H3. The molecule has 0 bridgehead atoms. The topological polar surface area (TPSA) is 35.0 Å². The molecule has 3 heteroatoms. The van der Waals surface area contributed by atoms with Gasteiger partial charge in [-0.2, -0.15) is 0 Å². The number of para-hydroxylation sites is 1. The van der Waals surface area contributed by atoms with E-state index in [1.807, 2.05) is 42.5 Å². The van der Waals surface area contributed by atoms with Crippen LogP contribution in [0.3, 0.4) is 0 Å². The third-order valence-corrected chi connectivity index (χ3v) is 4.07. The third kappa shape index (κ3) is 2.30. The molecule has 112 valence electrons. The number of aryl methyl sites for hydroxylation is 1. The molecule has 0 aliphatic rings. The Morgan fingerprint density at radius 3 is 2.48 bits per heavy atom. The van der Waals surface area contributed by atoms with Gasteiger partial charge in [0.25, 0.3) is 0 Å². The molecule has 0 spiro atoms. The number of ether oxygens (including phenoxy) is 1. The van der Waals surface area contributed by atoms with E-state index in [-0.39, 0.29) is 0 Å². The molecule has 2 heterocycles. The van der Waals surface area contributed by atoms with Crippen LogP contribution in [0.2, 0.25) is 0 Å². The lowest BCUT2D eigenvalue weighted by molar-refractivity contribution is 0.404. The monoisotopic (exact) mass is 300 g/mol. The molecule has 0 saturated heterocycles. The van der Waals surface area contributed by atoms with Gasteiger partial charge in [-0.1, -0.05) is 48.5 Å². The summed E-state index contributed by atoms with van der Waals surface area (Å²) in [6.45, 7) is 2.08. The SMILES string of the molecule is COc1nc(-c2ccccc2)cc2nc3c(C)cccc3cc12. The van der Waals surface area contributed by atoms with Gasteiger partial charge in [0.05, 0.1) is 29.2 Å². The average molecular weight is 300 g/mol. The van der Waals surface area contributed by atoms with Gasteiger partial charge < -0.3 is 4.74 Å². The number of methoxy groups -OCH3 is 1. The minimum Gasteiger partial charge on any atom is -0.480 e. The summed E-state index contributed by atoms with van der Waals surface area (Å²) in [4.78, 5) is 9.51. The highest BCUT2D eigenvalue weighted by Crippen LogP contribution is 2.31. The largest absolute Gasteiger partial charge is 0.480 e. The minimum absolute atomic E-state index is 0.609. The molecule has 3 nitrogen and oxygen atoms in total. The molecule has 2 aromatic carbocycles. The molecule has 0 unspecified atom stereocenters. The molecule has 0 atom stereocenters. The first-order chi connectivity index (χ1) is 11.3. The number of aromatic nitrogens is 2. The molecule has 0 fully saturated rings. The van der Waals surface area contributed by atoms with E-state index in [1.165, 1.54) is 5.56 Å². The summed E-state index contributed by atoms with van der Waals surface area (Å²) in [7, 11) is 1.65. The van der Waals surface area contributed by atoms with Crippen molar-refractivity contribution in [3.8, 4) is 17.1 Å². The highest BCUT2D eigenvalue weighted by Gasteiger charge is 2.11. The van der Waals surface area contributed by atoms with E-state index in [0.29, 0.717) is 5.88 Å². The van der Waals surface area contributed by atoms with Crippen LogP contribution in [0.4, 0.5) is 0 Å². The summed E-state index contributed by atoms with van der Waals surface area (Å²) in [5, 5.41) is 2.04. The van der Waals surface area contributed by atoms with Crippen molar-refractivity contribution in [2.75, 3.05) is 7.11 Å². The van der Waals surface area contributed by atoms with Crippen LogP contribution in [0.15, 0.2) is 60.7 Å². The van der Waals surface area contributed by atoms with Crippen molar-refractivity contribution < 1.29 is 4.74 Å². The molecule has 0 aliphatic heterocycles. The number of benzene rings is 2. The van der Waals surface area contributed by atoms with Crippen LogP contribution in [-0.4, -0.2) is 17.1 Å². The quantitative estimate of drug-likeness (QED) is 0.500. The normalized spacial score (nSPS) is 11.0. The molecule has 23 heavy (non-hydrogen) atoms. The summed E-state index contributed by atoms with van der Waals surface area (Å²) >= 11 is 0. The summed E-state index contributed by atoms with van der Waals surface area (Å²) in [5.74, 6) is 0.609. The van der Waals surface area contributed by atoms with Crippen molar-refractivity contribution >= 4 is 21.8 Å². The zero-order valence-corrected chi connectivity index (χ0v) is 13.1. The number of rotatable bonds is 2. The zero-order valence-electron chi connectivity index (χ0n) is 13.1. The Morgan fingerprint density at radius 2 is 1.70 bits per heavy atom. The van der Waals surface area contributed by atoms with Gasteiger partial charge in [0, 0.05) is 10.9 Å². The van der Waals surface area contributed by atoms with E-state index in [9.17, 15) is 0 Å². The molecule has 0 amide bonds. The maximum absolute atomic E-state index is 5.52. The summed E-state index contributed by atoms with van der Waals surface area (Å²) < 4.78 is 5.52. The lowest BCUT2D eigenvalue weighted by Gasteiger charge is -2.10. The van der Waals surface area contributed by atoms with E-state index in [2.05, 4.69) is 30.1 Å². The Bertz CT molecular complexity index is 1010. The molecule has 0 aliphatic carbocycles. The molecule has 2 aromatic heterocycles. The van der Waals surface area contributed by atoms with Crippen molar-refractivity contribution in [3.63, 3.8) is 0 Å². The Balaban J connectivity index is 2.06. The van der Waals surface area contributed by atoms with Gasteiger partial charge in [-0.25, -0.2) is 9.97 Å².